The molecule has 1 unspecified atom stereocenters. The number of carboxylic acid groups (broad SMARTS) is 1. The average molecular weight is 453 g/mol. The first-order valence-electron chi connectivity index (χ1n) is 14.9. The maximum Gasteiger partial charge on any atom is 0.309 e. The molecule has 0 bridgehead atoms. The number of rotatable bonds is 26. The molecule has 0 radical (unpaired) electrons. The number of unbranched alkanes of at least 4 members (excludes halogenated alkanes) is 19. The van der Waals surface area contributed by atoms with Crippen LogP contribution >= 0.6 is 0 Å². The van der Waals surface area contributed by atoms with Crippen LogP contribution in [0.4, 0.5) is 0 Å². The molecule has 1 atom stereocenters. The Balaban J connectivity index is 4.34. The minimum absolute atomic E-state index is 0.449. The first-order chi connectivity index (χ1) is 15.6. The summed E-state index contributed by atoms with van der Waals surface area (Å²) in [5, 5.41) is 10.2. The smallest absolute Gasteiger partial charge is 0.309 e. The highest BCUT2D eigenvalue weighted by molar-refractivity contribution is 5.74. The lowest BCUT2D eigenvalue weighted by Crippen LogP contribution is -2.31. The van der Waals surface area contributed by atoms with Crippen LogP contribution in [0, 0.1) is 5.41 Å². The van der Waals surface area contributed by atoms with E-state index in [9.17, 15) is 9.90 Å². The molecule has 1 N–H and O–H groups in total. The molecule has 0 saturated heterocycles. The van der Waals surface area contributed by atoms with Gasteiger partial charge in [0.05, 0.1) is 5.41 Å². The van der Waals surface area contributed by atoms with Gasteiger partial charge in [-0.25, -0.2) is 0 Å². The van der Waals surface area contributed by atoms with E-state index in [0.29, 0.717) is 0 Å². The predicted octanol–water partition coefficient (Wildman–Crippen LogP) is 10.9. The van der Waals surface area contributed by atoms with Crippen LogP contribution in [0.1, 0.15) is 181 Å². The number of hydrogen-bond donors (Lipinski definition) is 1. The van der Waals surface area contributed by atoms with Crippen molar-refractivity contribution in [2.24, 2.45) is 5.41 Å². The molecule has 192 valence electrons. The summed E-state index contributed by atoms with van der Waals surface area (Å²) < 4.78 is 0. The number of hydrogen-bond acceptors (Lipinski definition) is 1. The van der Waals surface area contributed by atoms with E-state index in [1.807, 2.05) is 0 Å². The van der Waals surface area contributed by atoms with Crippen LogP contribution in [0.3, 0.4) is 0 Å². The second-order valence-electron chi connectivity index (χ2n) is 10.6. The van der Waals surface area contributed by atoms with Gasteiger partial charge in [0.2, 0.25) is 0 Å². The van der Waals surface area contributed by atoms with E-state index >= 15 is 0 Å². The summed E-state index contributed by atoms with van der Waals surface area (Å²) in [4.78, 5) is 12.4. The molecule has 2 heteroatoms. The Morgan fingerprint density at radius 1 is 0.438 bits per heavy atom. The minimum Gasteiger partial charge on any atom is -0.481 e. The van der Waals surface area contributed by atoms with E-state index in [4.69, 9.17) is 0 Å². The van der Waals surface area contributed by atoms with Gasteiger partial charge in [-0.3, -0.25) is 4.79 Å². The van der Waals surface area contributed by atoms with Crippen LogP contribution < -0.4 is 0 Å². The summed E-state index contributed by atoms with van der Waals surface area (Å²) in [6, 6.07) is 0. The number of carboxylic acids is 1. The van der Waals surface area contributed by atoms with Gasteiger partial charge in [-0.2, -0.15) is 0 Å². The zero-order valence-corrected chi connectivity index (χ0v) is 22.5. The van der Waals surface area contributed by atoms with Crippen molar-refractivity contribution in [2.45, 2.75) is 181 Å². The van der Waals surface area contributed by atoms with E-state index in [1.54, 1.807) is 0 Å². The van der Waals surface area contributed by atoms with Gasteiger partial charge < -0.3 is 5.11 Å². The van der Waals surface area contributed by atoms with Gasteiger partial charge in [0.25, 0.3) is 0 Å². The van der Waals surface area contributed by atoms with E-state index < -0.39 is 11.4 Å². The third-order valence-electron chi connectivity index (χ3n) is 7.48. The summed E-state index contributed by atoms with van der Waals surface area (Å²) in [7, 11) is 0. The van der Waals surface area contributed by atoms with Gasteiger partial charge >= 0.3 is 5.97 Å². The Labute approximate surface area is 202 Å². The maximum atomic E-state index is 12.4. The molecule has 0 aromatic carbocycles. The SMILES string of the molecule is CCCCCCCCCCCCC(CCCCCCC)(CCCCCCCCC)C(=O)O. The maximum absolute atomic E-state index is 12.4. The van der Waals surface area contributed by atoms with Gasteiger partial charge in [-0.1, -0.05) is 162 Å². The molecule has 0 amide bonds. The lowest BCUT2D eigenvalue weighted by molar-refractivity contribution is -0.150. The minimum atomic E-state index is -0.505. The molecule has 0 aromatic rings. The highest BCUT2D eigenvalue weighted by atomic mass is 16.4. The van der Waals surface area contributed by atoms with Crippen LogP contribution in [-0.2, 0) is 4.79 Å². The molecule has 0 saturated carbocycles. The lowest BCUT2D eigenvalue weighted by atomic mass is 9.74. The van der Waals surface area contributed by atoms with Crippen molar-refractivity contribution in [1.29, 1.82) is 0 Å². The zero-order chi connectivity index (χ0) is 23.8. The van der Waals surface area contributed by atoms with Crippen molar-refractivity contribution < 1.29 is 9.90 Å². The number of carbonyl (C=O) groups is 1. The van der Waals surface area contributed by atoms with E-state index in [-0.39, 0.29) is 0 Å². The largest absolute Gasteiger partial charge is 0.481 e. The second-order valence-corrected chi connectivity index (χ2v) is 10.6. The highest BCUT2D eigenvalue weighted by Crippen LogP contribution is 2.38. The molecule has 2 nitrogen and oxygen atoms in total. The van der Waals surface area contributed by atoms with Crippen molar-refractivity contribution in [1.82, 2.24) is 0 Å². The Morgan fingerprint density at radius 2 is 0.656 bits per heavy atom. The van der Waals surface area contributed by atoms with Crippen LogP contribution in [-0.4, -0.2) is 11.1 Å². The van der Waals surface area contributed by atoms with E-state index in [0.717, 1.165) is 38.5 Å². The molecule has 0 fully saturated rings. The van der Waals surface area contributed by atoms with E-state index in [1.165, 1.54) is 122 Å². The first-order valence-corrected chi connectivity index (χ1v) is 14.9. The van der Waals surface area contributed by atoms with Crippen molar-refractivity contribution in [3.63, 3.8) is 0 Å². The van der Waals surface area contributed by atoms with Crippen molar-refractivity contribution >= 4 is 5.97 Å². The third kappa shape index (κ3) is 18.0. The van der Waals surface area contributed by atoms with Gasteiger partial charge in [0.15, 0.2) is 0 Å². The Kier molecular flexibility index (Phi) is 23.2. The normalized spacial score (nSPS) is 13.3. The molecule has 0 spiro atoms. The lowest BCUT2D eigenvalue weighted by Gasteiger charge is -2.30. The fourth-order valence-electron chi connectivity index (χ4n) is 5.13. The summed E-state index contributed by atoms with van der Waals surface area (Å²) in [5.74, 6) is -0.505. The molecule has 0 aliphatic heterocycles. The van der Waals surface area contributed by atoms with Crippen molar-refractivity contribution in [3.05, 3.63) is 0 Å². The average Bonchev–Trinajstić information content (AvgIpc) is 2.78. The fraction of sp³-hybridized carbons (Fsp3) is 0.967. The molecule has 0 rings (SSSR count). The quantitative estimate of drug-likeness (QED) is 0.132. The van der Waals surface area contributed by atoms with Crippen LogP contribution in [0.5, 0.6) is 0 Å². The van der Waals surface area contributed by atoms with E-state index in [2.05, 4.69) is 20.8 Å². The Hall–Kier alpha value is -0.530. The Morgan fingerprint density at radius 3 is 0.875 bits per heavy atom. The molecular weight excluding hydrogens is 392 g/mol. The predicted molar refractivity (Wildman–Crippen MR) is 143 cm³/mol. The third-order valence-corrected chi connectivity index (χ3v) is 7.48. The van der Waals surface area contributed by atoms with Gasteiger partial charge in [-0.15, -0.1) is 0 Å². The summed E-state index contributed by atoms with van der Waals surface area (Å²) >= 11 is 0. The topological polar surface area (TPSA) is 37.3 Å². The molecule has 0 aromatic heterocycles. The zero-order valence-electron chi connectivity index (χ0n) is 22.5. The van der Waals surface area contributed by atoms with Gasteiger partial charge in [0, 0.05) is 0 Å². The van der Waals surface area contributed by atoms with Crippen molar-refractivity contribution in [2.75, 3.05) is 0 Å². The summed E-state index contributed by atoms with van der Waals surface area (Å²) in [6.07, 6.45) is 30.9. The van der Waals surface area contributed by atoms with Crippen molar-refractivity contribution in [3.8, 4) is 0 Å². The first kappa shape index (κ1) is 31.5. The molecule has 0 heterocycles. The Bertz CT molecular complexity index is 392. The number of aliphatic carboxylic acids is 1. The summed E-state index contributed by atoms with van der Waals surface area (Å²) in [6.45, 7) is 6.78. The second kappa shape index (κ2) is 23.6. The van der Waals surface area contributed by atoms with Gasteiger partial charge in [-0.05, 0) is 19.3 Å². The van der Waals surface area contributed by atoms with Crippen LogP contribution in [0.25, 0.3) is 0 Å². The van der Waals surface area contributed by atoms with Gasteiger partial charge in [0.1, 0.15) is 0 Å². The highest BCUT2D eigenvalue weighted by Gasteiger charge is 2.36. The monoisotopic (exact) mass is 452 g/mol. The standard InChI is InChI=1S/C30H60O2/c1-4-7-10-13-15-16-17-19-22-25-28-30(29(31)32,26-23-20-12-9-6-3)27-24-21-18-14-11-8-5-2/h4-28H2,1-3H3,(H,31,32). The molecule has 32 heavy (non-hydrogen) atoms. The fourth-order valence-corrected chi connectivity index (χ4v) is 5.13. The molecule has 0 aliphatic rings. The van der Waals surface area contributed by atoms with Crippen LogP contribution in [0.15, 0.2) is 0 Å². The molecular formula is C30H60O2. The summed E-state index contributed by atoms with van der Waals surface area (Å²) in [5.41, 5.74) is -0.449. The van der Waals surface area contributed by atoms with Crippen LogP contribution in [0.2, 0.25) is 0 Å². The molecule has 0 aliphatic carbocycles.